The van der Waals surface area contributed by atoms with Crippen LogP contribution in [0.5, 0.6) is 11.5 Å². The number of rotatable bonds is 5. The van der Waals surface area contributed by atoms with Crippen molar-refractivity contribution >= 4 is 5.91 Å². The van der Waals surface area contributed by atoms with Crippen LogP contribution < -0.4 is 14.8 Å². The molecule has 2 aliphatic rings. The quantitative estimate of drug-likeness (QED) is 0.863. The largest absolute Gasteiger partial charge is 0.486 e. The van der Waals surface area contributed by atoms with Crippen molar-refractivity contribution in [1.82, 2.24) is 15.2 Å². The number of fused-ring (bicyclic) bond motifs is 1. The maximum Gasteiger partial charge on any atom is 0.252 e. The predicted octanol–water partition coefficient (Wildman–Crippen LogP) is 2.67. The maximum atomic E-state index is 12.2. The van der Waals surface area contributed by atoms with Gasteiger partial charge in [-0.1, -0.05) is 12.1 Å². The van der Waals surface area contributed by atoms with Crippen molar-refractivity contribution in [2.24, 2.45) is 5.92 Å². The Bertz CT molecular complexity index is 804. The number of likely N-dealkylation sites (tertiary alicyclic amines) is 1. The number of carbonyl (C=O) groups excluding carboxylic acids is 1. The number of aromatic nitrogens is 1. The highest BCUT2D eigenvalue weighted by Crippen LogP contribution is 2.34. The number of aryl methyl sites for hydroxylation is 1. The molecule has 0 aliphatic carbocycles. The molecule has 0 spiro atoms. The van der Waals surface area contributed by atoms with Gasteiger partial charge in [0, 0.05) is 25.5 Å². The van der Waals surface area contributed by atoms with Gasteiger partial charge in [-0.05, 0) is 62.5 Å². The summed E-state index contributed by atoms with van der Waals surface area (Å²) in [6.45, 7) is 6.29. The molecule has 0 saturated carbocycles. The van der Waals surface area contributed by atoms with Crippen molar-refractivity contribution in [2.45, 2.75) is 25.9 Å². The summed E-state index contributed by atoms with van der Waals surface area (Å²) in [5.41, 5.74) is 1.73. The number of benzene rings is 1. The van der Waals surface area contributed by atoms with Gasteiger partial charge in [0.1, 0.15) is 12.7 Å². The highest BCUT2D eigenvalue weighted by atomic mass is 16.6. The van der Waals surface area contributed by atoms with Crippen LogP contribution in [0.25, 0.3) is 0 Å². The number of nitrogens with zero attached hydrogens (tertiary/aromatic N) is 2. The van der Waals surface area contributed by atoms with Crippen molar-refractivity contribution in [2.75, 3.05) is 32.8 Å². The van der Waals surface area contributed by atoms with Gasteiger partial charge in [0.05, 0.1) is 5.56 Å². The van der Waals surface area contributed by atoms with E-state index < -0.39 is 0 Å². The van der Waals surface area contributed by atoms with Gasteiger partial charge in [0.25, 0.3) is 5.91 Å². The molecule has 1 N–H and O–H groups in total. The summed E-state index contributed by atoms with van der Waals surface area (Å²) in [6.07, 6.45) is 5.50. The van der Waals surface area contributed by atoms with Crippen molar-refractivity contribution in [1.29, 1.82) is 0 Å². The van der Waals surface area contributed by atoms with E-state index in [-0.39, 0.29) is 12.0 Å². The van der Waals surface area contributed by atoms with Gasteiger partial charge in [-0.3, -0.25) is 14.7 Å². The fourth-order valence-electron chi connectivity index (χ4n) is 3.86. The minimum Gasteiger partial charge on any atom is -0.486 e. The van der Waals surface area contributed by atoms with Crippen molar-refractivity contribution in [3.8, 4) is 11.5 Å². The summed E-state index contributed by atoms with van der Waals surface area (Å²) >= 11 is 0. The first kappa shape index (κ1) is 18.7. The van der Waals surface area contributed by atoms with E-state index in [2.05, 4.69) is 28.2 Å². The summed E-state index contributed by atoms with van der Waals surface area (Å²) in [4.78, 5) is 18.6. The van der Waals surface area contributed by atoms with E-state index in [1.807, 2.05) is 12.1 Å². The van der Waals surface area contributed by atoms with Crippen LogP contribution in [0.15, 0.2) is 42.7 Å². The van der Waals surface area contributed by atoms with Gasteiger partial charge >= 0.3 is 0 Å². The lowest BCUT2D eigenvalue weighted by molar-refractivity contribution is 0.0470. The second kappa shape index (κ2) is 8.61. The van der Waals surface area contributed by atoms with Crippen LogP contribution in [0, 0.1) is 12.8 Å². The monoisotopic (exact) mass is 381 g/mol. The third-order valence-corrected chi connectivity index (χ3v) is 5.53. The highest BCUT2D eigenvalue weighted by Gasteiger charge is 2.27. The lowest BCUT2D eigenvalue weighted by atomic mass is 9.96. The third kappa shape index (κ3) is 4.44. The van der Waals surface area contributed by atoms with E-state index in [4.69, 9.17) is 9.47 Å². The molecule has 1 amide bonds. The fourth-order valence-corrected chi connectivity index (χ4v) is 3.86. The molecule has 6 nitrogen and oxygen atoms in total. The summed E-state index contributed by atoms with van der Waals surface area (Å²) in [7, 11) is 0. The summed E-state index contributed by atoms with van der Waals surface area (Å²) in [5.74, 6) is 2.20. The number of carbonyl (C=O) groups is 1. The van der Waals surface area contributed by atoms with Crippen molar-refractivity contribution in [3.63, 3.8) is 0 Å². The van der Waals surface area contributed by atoms with E-state index in [9.17, 15) is 4.79 Å². The van der Waals surface area contributed by atoms with Crippen molar-refractivity contribution < 1.29 is 14.3 Å². The van der Waals surface area contributed by atoms with E-state index in [0.29, 0.717) is 18.1 Å². The van der Waals surface area contributed by atoms with E-state index in [0.717, 1.165) is 56.1 Å². The molecule has 1 aromatic heterocycles. The van der Waals surface area contributed by atoms with Crippen LogP contribution in [-0.4, -0.2) is 54.7 Å². The van der Waals surface area contributed by atoms with Crippen LogP contribution in [0.4, 0.5) is 0 Å². The lowest BCUT2D eigenvalue weighted by Crippen LogP contribution is -2.45. The number of pyridine rings is 1. The Morgan fingerprint density at radius 1 is 1.25 bits per heavy atom. The SMILES string of the molecule is Cc1cccc2c1OC(CN1CCC(CNC(=O)c3cccnc3)CC1)CO2. The van der Waals surface area contributed by atoms with Crippen molar-refractivity contribution in [3.05, 3.63) is 53.9 Å². The summed E-state index contributed by atoms with van der Waals surface area (Å²) in [5, 5.41) is 3.04. The number of hydrogen-bond donors (Lipinski definition) is 1. The predicted molar refractivity (Wildman–Crippen MR) is 107 cm³/mol. The molecule has 1 unspecified atom stereocenters. The molecule has 2 aliphatic heterocycles. The number of hydrogen-bond acceptors (Lipinski definition) is 5. The summed E-state index contributed by atoms with van der Waals surface area (Å²) in [6, 6.07) is 9.58. The zero-order valence-corrected chi connectivity index (χ0v) is 16.3. The molecule has 3 heterocycles. The molecule has 1 saturated heterocycles. The molecule has 6 heteroatoms. The second-order valence-corrected chi connectivity index (χ2v) is 7.65. The van der Waals surface area contributed by atoms with E-state index in [1.54, 1.807) is 24.5 Å². The molecule has 28 heavy (non-hydrogen) atoms. The molecular weight excluding hydrogens is 354 g/mol. The van der Waals surface area contributed by atoms with E-state index in [1.165, 1.54) is 0 Å². The minimum atomic E-state index is -0.0441. The molecule has 148 valence electrons. The average molecular weight is 381 g/mol. The Labute approximate surface area is 165 Å². The number of para-hydroxylation sites is 1. The Balaban J connectivity index is 1.21. The number of amides is 1. The Hall–Kier alpha value is -2.60. The number of ether oxygens (including phenoxy) is 2. The zero-order valence-electron chi connectivity index (χ0n) is 16.3. The van der Waals surface area contributed by atoms with Gasteiger partial charge in [-0.15, -0.1) is 0 Å². The normalized spacial score (nSPS) is 20.0. The van der Waals surface area contributed by atoms with Gasteiger partial charge < -0.3 is 14.8 Å². The van der Waals surface area contributed by atoms with Gasteiger partial charge in [-0.25, -0.2) is 0 Å². The first-order chi connectivity index (χ1) is 13.7. The fraction of sp³-hybridized carbons (Fsp3) is 0.455. The molecule has 1 atom stereocenters. The first-order valence-corrected chi connectivity index (χ1v) is 9.98. The zero-order chi connectivity index (χ0) is 19.3. The van der Waals surface area contributed by atoms with Crippen LogP contribution in [0.1, 0.15) is 28.8 Å². The van der Waals surface area contributed by atoms with Crippen LogP contribution in [0.3, 0.4) is 0 Å². The summed E-state index contributed by atoms with van der Waals surface area (Å²) < 4.78 is 12.1. The minimum absolute atomic E-state index is 0.0441. The molecule has 0 bridgehead atoms. The number of piperidine rings is 1. The Morgan fingerprint density at radius 3 is 2.89 bits per heavy atom. The third-order valence-electron chi connectivity index (χ3n) is 5.53. The van der Waals surface area contributed by atoms with Gasteiger partial charge in [0.15, 0.2) is 11.5 Å². The molecule has 4 rings (SSSR count). The van der Waals surface area contributed by atoms with Crippen LogP contribution in [0.2, 0.25) is 0 Å². The second-order valence-electron chi connectivity index (χ2n) is 7.65. The van der Waals surface area contributed by atoms with Gasteiger partial charge in [-0.2, -0.15) is 0 Å². The number of nitrogens with one attached hydrogen (secondary N) is 1. The Morgan fingerprint density at radius 2 is 2.11 bits per heavy atom. The Kier molecular flexibility index (Phi) is 5.76. The van der Waals surface area contributed by atoms with Crippen LogP contribution >= 0.6 is 0 Å². The molecule has 0 radical (unpaired) electrons. The van der Waals surface area contributed by atoms with E-state index >= 15 is 0 Å². The standard InChI is InChI=1S/C22H27N3O3/c1-16-4-2-6-20-21(16)28-19(15-27-20)14-25-10-7-17(8-11-25)12-24-22(26)18-5-3-9-23-13-18/h2-6,9,13,17,19H,7-8,10-12,14-15H2,1H3,(H,24,26). The molecule has 2 aromatic rings. The molecule has 1 fully saturated rings. The van der Waals surface area contributed by atoms with Crippen LogP contribution in [-0.2, 0) is 0 Å². The van der Waals surface area contributed by atoms with Gasteiger partial charge in [0.2, 0.25) is 0 Å². The lowest BCUT2D eigenvalue weighted by Gasteiger charge is -2.36. The molecular formula is C22H27N3O3. The maximum absolute atomic E-state index is 12.2. The molecule has 1 aromatic carbocycles. The topological polar surface area (TPSA) is 63.7 Å². The first-order valence-electron chi connectivity index (χ1n) is 9.98. The highest BCUT2D eigenvalue weighted by molar-refractivity contribution is 5.93. The smallest absolute Gasteiger partial charge is 0.252 e. The average Bonchev–Trinajstić information content (AvgIpc) is 2.74.